The number of nitrogens with zero attached hydrogens (tertiary/aromatic N) is 3. The summed E-state index contributed by atoms with van der Waals surface area (Å²) >= 11 is 1.26. The van der Waals surface area contributed by atoms with Crippen LogP contribution in [-0.2, 0) is 4.79 Å². The summed E-state index contributed by atoms with van der Waals surface area (Å²) < 4.78 is 12.5. The molecule has 0 N–H and O–H groups in total. The Labute approximate surface area is 176 Å². The van der Waals surface area contributed by atoms with E-state index in [1.165, 1.54) is 22.8 Å². The molecule has 7 nitrogen and oxygen atoms in total. The second-order valence-corrected chi connectivity index (χ2v) is 7.59. The molecular weight excluding hydrogens is 402 g/mol. The molecule has 0 atom stereocenters. The Hall–Kier alpha value is -3.52. The molecule has 0 fully saturated rings. The maximum Gasteiger partial charge on any atom is 0.308 e. The van der Waals surface area contributed by atoms with Crippen LogP contribution in [0.25, 0.3) is 22.4 Å². The predicted octanol–water partition coefficient (Wildman–Crippen LogP) is 3.08. The molecule has 0 aliphatic carbocycles. The molecule has 0 aliphatic heterocycles. The second kappa shape index (κ2) is 8.46. The molecule has 0 spiro atoms. The van der Waals surface area contributed by atoms with E-state index < -0.39 is 5.97 Å². The number of benzene rings is 2. The van der Waals surface area contributed by atoms with Gasteiger partial charge in [0, 0.05) is 12.5 Å². The Morgan fingerprint density at radius 1 is 1.17 bits per heavy atom. The lowest BCUT2D eigenvalue weighted by molar-refractivity contribution is -0.131. The SMILES string of the molecule is CCCOc1ccc(-c2nc3s/c(=C\c4cccc(OC(C)=O)c4)c(=O)n3n2)cc1. The number of hydrogen-bond donors (Lipinski definition) is 0. The maximum absolute atomic E-state index is 12.7. The molecule has 4 rings (SSSR count). The van der Waals surface area contributed by atoms with Gasteiger partial charge in [-0.2, -0.15) is 9.50 Å². The van der Waals surface area contributed by atoms with Crippen molar-refractivity contribution in [2.75, 3.05) is 6.61 Å². The van der Waals surface area contributed by atoms with E-state index >= 15 is 0 Å². The fourth-order valence-electron chi connectivity index (χ4n) is 2.86. The first-order chi connectivity index (χ1) is 14.5. The molecular formula is C22H19N3O4S. The van der Waals surface area contributed by atoms with E-state index in [0.29, 0.717) is 27.7 Å². The van der Waals surface area contributed by atoms with Crippen LogP contribution in [0.1, 0.15) is 25.8 Å². The van der Waals surface area contributed by atoms with Crippen molar-refractivity contribution in [3.63, 3.8) is 0 Å². The van der Waals surface area contributed by atoms with E-state index in [1.54, 1.807) is 24.3 Å². The van der Waals surface area contributed by atoms with Crippen molar-refractivity contribution in [3.05, 3.63) is 69.0 Å². The van der Waals surface area contributed by atoms with Gasteiger partial charge in [0.15, 0.2) is 5.82 Å². The van der Waals surface area contributed by atoms with Crippen LogP contribution < -0.4 is 19.6 Å². The van der Waals surface area contributed by atoms with Crippen LogP contribution in [-0.4, -0.2) is 27.2 Å². The van der Waals surface area contributed by atoms with Gasteiger partial charge in [0.25, 0.3) is 5.56 Å². The number of carbonyl (C=O) groups excluding carboxylic acids is 1. The van der Waals surface area contributed by atoms with Gasteiger partial charge in [-0.3, -0.25) is 9.59 Å². The first-order valence-corrected chi connectivity index (χ1v) is 10.3. The third-order valence-corrected chi connectivity index (χ3v) is 5.14. The smallest absolute Gasteiger partial charge is 0.308 e. The third kappa shape index (κ3) is 4.23. The lowest BCUT2D eigenvalue weighted by Gasteiger charge is -2.04. The van der Waals surface area contributed by atoms with Gasteiger partial charge >= 0.3 is 5.97 Å². The zero-order chi connectivity index (χ0) is 21.1. The van der Waals surface area contributed by atoms with Gasteiger partial charge in [0.05, 0.1) is 11.1 Å². The summed E-state index contributed by atoms with van der Waals surface area (Å²) in [7, 11) is 0. The molecule has 8 heteroatoms. The summed E-state index contributed by atoms with van der Waals surface area (Å²) in [4.78, 5) is 28.9. The van der Waals surface area contributed by atoms with Gasteiger partial charge in [-0.05, 0) is 54.5 Å². The van der Waals surface area contributed by atoms with Crippen LogP contribution in [0.4, 0.5) is 0 Å². The molecule has 0 saturated carbocycles. The fourth-order valence-corrected chi connectivity index (χ4v) is 3.77. The summed E-state index contributed by atoms with van der Waals surface area (Å²) in [5.41, 5.74) is 1.32. The Morgan fingerprint density at radius 3 is 2.67 bits per heavy atom. The van der Waals surface area contributed by atoms with Crippen molar-refractivity contribution in [1.82, 2.24) is 14.6 Å². The highest BCUT2D eigenvalue weighted by Crippen LogP contribution is 2.20. The number of rotatable bonds is 6. The number of hydrogen-bond acceptors (Lipinski definition) is 7. The Kier molecular flexibility index (Phi) is 5.58. The molecule has 2 heterocycles. The monoisotopic (exact) mass is 421 g/mol. The molecule has 2 aromatic heterocycles. The van der Waals surface area contributed by atoms with Crippen molar-refractivity contribution in [3.8, 4) is 22.9 Å². The molecule has 2 aromatic carbocycles. The van der Waals surface area contributed by atoms with Gasteiger partial charge in [-0.25, -0.2) is 0 Å². The zero-order valence-electron chi connectivity index (χ0n) is 16.5. The minimum absolute atomic E-state index is 0.241. The van der Waals surface area contributed by atoms with Crippen molar-refractivity contribution in [2.45, 2.75) is 20.3 Å². The molecule has 0 saturated heterocycles. The van der Waals surface area contributed by atoms with Crippen LogP contribution in [0.15, 0.2) is 53.3 Å². The maximum atomic E-state index is 12.7. The first kappa shape index (κ1) is 19.8. The van der Waals surface area contributed by atoms with Crippen LogP contribution in [0, 0.1) is 0 Å². The molecule has 30 heavy (non-hydrogen) atoms. The molecule has 0 unspecified atom stereocenters. The van der Waals surface area contributed by atoms with Gasteiger partial charge in [-0.15, -0.1) is 5.10 Å². The predicted molar refractivity (Wildman–Crippen MR) is 115 cm³/mol. The normalized spacial score (nSPS) is 11.7. The number of aromatic nitrogens is 3. The molecule has 0 amide bonds. The van der Waals surface area contributed by atoms with E-state index in [9.17, 15) is 9.59 Å². The van der Waals surface area contributed by atoms with E-state index in [2.05, 4.69) is 17.0 Å². The minimum Gasteiger partial charge on any atom is -0.494 e. The van der Waals surface area contributed by atoms with Crippen LogP contribution in [0.2, 0.25) is 0 Å². The summed E-state index contributed by atoms with van der Waals surface area (Å²) in [5.74, 6) is 1.31. The average molecular weight is 421 g/mol. The van der Waals surface area contributed by atoms with Crippen molar-refractivity contribution < 1.29 is 14.3 Å². The molecule has 152 valence electrons. The van der Waals surface area contributed by atoms with Crippen molar-refractivity contribution >= 4 is 28.3 Å². The largest absolute Gasteiger partial charge is 0.494 e. The lowest BCUT2D eigenvalue weighted by Crippen LogP contribution is -2.23. The Bertz CT molecular complexity index is 1310. The number of esters is 1. The van der Waals surface area contributed by atoms with Crippen molar-refractivity contribution in [1.29, 1.82) is 0 Å². The molecule has 0 radical (unpaired) electrons. The lowest BCUT2D eigenvalue weighted by atomic mass is 10.2. The zero-order valence-corrected chi connectivity index (χ0v) is 17.3. The van der Waals surface area contributed by atoms with Gasteiger partial charge < -0.3 is 9.47 Å². The fraction of sp³-hybridized carbons (Fsp3) is 0.182. The average Bonchev–Trinajstić information content (AvgIpc) is 3.26. The molecule has 0 bridgehead atoms. The standard InChI is InChI=1S/C22H19N3O4S/c1-3-11-28-17-9-7-16(8-10-17)20-23-22-25(24-20)21(27)19(30-22)13-15-5-4-6-18(12-15)29-14(2)26/h4-10,12-13H,3,11H2,1-2H3/b19-13-. The third-order valence-electron chi connectivity index (χ3n) is 4.18. The van der Waals surface area contributed by atoms with E-state index in [-0.39, 0.29) is 5.56 Å². The second-order valence-electron chi connectivity index (χ2n) is 6.58. The van der Waals surface area contributed by atoms with Crippen LogP contribution >= 0.6 is 11.3 Å². The quantitative estimate of drug-likeness (QED) is 0.351. The summed E-state index contributed by atoms with van der Waals surface area (Å²) in [6, 6.07) is 14.5. The van der Waals surface area contributed by atoms with Crippen LogP contribution in [0.5, 0.6) is 11.5 Å². The number of thiazole rings is 1. The number of ether oxygens (including phenoxy) is 2. The molecule has 4 aromatic rings. The minimum atomic E-state index is -0.395. The topological polar surface area (TPSA) is 82.8 Å². The summed E-state index contributed by atoms with van der Waals surface area (Å²) in [6.45, 7) is 4.06. The number of fused-ring (bicyclic) bond motifs is 1. The summed E-state index contributed by atoms with van der Waals surface area (Å²) in [6.07, 6.45) is 2.68. The highest BCUT2D eigenvalue weighted by molar-refractivity contribution is 7.15. The first-order valence-electron chi connectivity index (χ1n) is 9.46. The number of carbonyl (C=O) groups is 1. The van der Waals surface area contributed by atoms with Crippen molar-refractivity contribution in [2.24, 2.45) is 0 Å². The summed E-state index contributed by atoms with van der Waals surface area (Å²) in [5, 5.41) is 4.37. The molecule has 0 aliphatic rings. The Balaban J connectivity index is 1.63. The van der Waals surface area contributed by atoms with E-state index in [0.717, 1.165) is 23.3 Å². The Morgan fingerprint density at radius 2 is 1.97 bits per heavy atom. The van der Waals surface area contributed by atoms with Gasteiger partial charge in [0.2, 0.25) is 4.96 Å². The van der Waals surface area contributed by atoms with E-state index in [4.69, 9.17) is 9.47 Å². The van der Waals surface area contributed by atoms with Gasteiger partial charge in [0.1, 0.15) is 11.5 Å². The highest BCUT2D eigenvalue weighted by atomic mass is 32.1. The van der Waals surface area contributed by atoms with Crippen LogP contribution in [0.3, 0.4) is 0 Å². The van der Waals surface area contributed by atoms with E-state index in [1.807, 2.05) is 30.3 Å². The van der Waals surface area contributed by atoms with Gasteiger partial charge in [-0.1, -0.05) is 30.4 Å². The highest BCUT2D eigenvalue weighted by Gasteiger charge is 2.12.